The first-order valence-corrected chi connectivity index (χ1v) is 5.04. The smallest absolute Gasteiger partial charge is 0.100 e. The third kappa shape index (κ3) is 2.55. The molecule has 1 atom stereocenters. The SMILES string of the molecule is N#Cc1cc(C(N)CCO)ccc1Br. The largest absolute Gasteiger partial charge is 0.396 e. The molecule has 0 spiro atoms. The Hall–Kier alpha value is -0.890. The molecule has 3 N–H and O–H groups in total. The maximum Gasteiger partial charge on any atom is 0.100 e. The highest BCUT2D eigenvalue weighted by molar-refractivity contribution is 9.10. The molecule has 1 aromatic rings. The predicted molar refractivity (Wildman–Crippen MR) is 57.5 cm³/mol. The van der Waals surface area contributed by atoms with Crippen molar-refractivity contribution in [3.05, 3.63) is 33.8 Å². The van der Waals surface area contributed by atoms with Gasteiger partial charge in [-0.2, -0.15) is 5.26 Å². The molecule has 14 heavy (non-hydrogen) atoms. The van der Waals surface area contributed by atoms with Crippen molar-refractivity contribution in [2.24, 2.45) is 5.73 Å². The van der Waals surface area contributed by atoms with Crippen LogP contribution in [0.3, 0.4) is 0 Å². The predicted octanol–water partition coefficient (Wildman–Crippen LogP) is 1.70. The van der Waals surface area contributed by atoms with Crippen LogP contribution in [0.1, 0.15) is 23.6 Å². The summed E-state index contributed by atoms with van der Waals surface area (Å²) in [6.07, 6.45) is 0.506. The second kappa shape index (κ2) is 5.11. The third-order valence-corrected chi connectivity index (χ3v) is 2.67. The van der Waals surface area contributed by atoms with Gasteiger partial charge in [0.25, 0.3) is 0 Å². The fourth-order valence-electron chi connectivity index (χ4n) is 1.16. The van der Waals surface area contributed by atoms with Gasteiger partial charge in [-0.1, -0.05) is 6.07 Å². The fourth-order valence-corrected chi connectivity index (χ4v) is 1.50. The monoisotopic (exact) mass is 254 g/mol. The van der Waals surface area contributed by atoms with E-state index in [1.54, 1.807) is 12.1 Å². The highest BCUT2D eigenvalue weighted by atomic mass is 79.9. The molecule has 0 aliphatic rings. The molecule has 0 aliphatic carbocycles. The van der Waals surface area contributed by atoms with Crippen molar-refractivity contribution in [1.82, 2.24) is 0 Å². The van der Waals surface area contributed by atoms with E-state index in [0.717, 1.165) is 10.0 Å². The van der Waals surface area contributed by atoms with E-state index in [1.807, 2.05) is 6.07 Å². The lowest BCUT2D eigenvalue weighted by Crippen LogP contribution is -2.12. The number of nitrogens with zero attached hydrogens (tertiary/aromatic N) is 1. The number of nitriles is 1. The number of nitrogens with two attached hydrogens (primary N) is 1. The Morgan fingerprint density at radius 1 is 1.57 bits per heavy atom. The number of benzene rings is 1. The van der Waals surface area contributed by atoms with E-state index >= 15 is 0 Å². The Morgan fingerprint density at radius 3 is 2.86 bits per heavy atom. The molecule has 0 aromatic heterocycles. The summed E-state index contributed by atoms with van der Waals surface area (Å²) in [4.78, 5) is 0. The number of hydrogen-bond donors (Lipinski definition) is 2. The van der Waals surface area contributed by atoms with Gasteiger partial charge in [0.05, 0.1) is 5.56 Å². The molecule has 0 aliphatic heterocycles. The van der Waals surface area contributed by atoms with Gasteiger partial charge in [-0.05, 0) is 40.0 Å². The Balaban J connectivity index is 2.95. The number of hydrogen-bond acceptors (Lipinski definition) is 3. The number of aliphatic hydroxyl groups excluding tert-OH is 1. The van der Waals surface area contributed by atoms with Crippen molar-refractivity contribution in [2.45, 2.75) is 12.5 Å². The summed E-state index contributed by atoms with van der Waals surface area (Å²) in [5, 5.41) is 17.5. The summed E-state index contributed by atoms with van der Waals surface area (Å²) in [5.74, 6) is 0. The van der Waals surface area contributed by atoms with Gasteiger partial charge in [0.15, 0.2) is 0 Å². The quantitative estimate of drug-likeness (QED) is 0.863. The molecule has 0 heterocycles. The van der Waals surface area contributed by atoms with Gasteiger partial charge in [0, 0.05) is 17.1 Å². The summed E-state index contributed by atoms with van der Waals surface area (Å²) in [6, 6.07) is 7.25. The second-order valence-corrected chi connectivity index (χ2v) is 3.82. The summed E-state index contributed by atoms with van der Waals surface area (Å²) in [6.45, 7) is 0.0547. The third-order valence-electron chi connectivity index (χ3n) is 1.98. The van der Waals surface area contributed by atoms with Crippen molar-refractivity contribution in [1.29, 1.82) is 5.26 Å². The molecule has 4 heteroatoms. The summed E-state index contributed by atoms with van der Waals surface area (Å²) >= 11 is 3.27. The molecule has 0 amide bonds. The topological polar surface area (TPSA) is 70.0 Å². The zero-order chi connectivity index (χ0) is 10.6. The van der Waals surface area contributed by atoms with E-state index in [4.69, 9.17) is 16.1 Å². The molecular formula is C10H11BrN2O. The van der Waals surface area contributed by atoms with Crippen molar-refractivity contribution in [2.75, 3.05) is 6.61 Å². The molecule has 0 fully saturated rings. The highest BCUT2D eigenvalue weighted by Gasteiger charge is 2.07. The first kappa shape index (κ1) is 11.2. The van der Waals surface area contributed by atoms with E-state index in [-0.39, 0.29) is 12.6 Å². The molecule has 0 bridgehead atoms. The van der Waals surface area contributed by atoms with E-state index in [2.05, 4.69) is 22.0 Å². The Morgan fingerprint density at radius 2 is 2.29 bits per heavy atom. The van der Waals surface area contributed by atoms with Crippen LogP contribution in [0.2, 0.25) is 0 Å². The maximum atomic E-state index is 8.78. The normalized spacial score (nSPS) is 12.1. The minimum Gasteiger partial charge on any atom is -0.396 e. The Kier molecular flexibility index (Phi) is 4.08. The van der Waals surface area contributed by atoms with Crippen LogP contribution in [-0.4, -0.2) is 11.7 Å². The Bertz CT molecular complexity index is 360. The molecule has 1 unspecified atom stereocenters. The van der Waals surface area contributed by atoms with Gasteiger partial charge < -0.3 is 10.8 Å². The average molecular weight is 255 g/mol. The van der Waals surface area contributed by atoms with Gasteiger partial charge in [-0.3, -0.25) is 0 Å². The number of rotatable bonds is 3. The Labute approximate surface area is 91.3 Å². The van der Waals surface area contributed by atoms with E-state index in [0.29, 0.717) is 12.0 Å². The molecule has 0 saturated heterocycles. The zero-order valence-corrected chi connectivity index (χ0v) is 9.16. The van der Waals surface area contributed by atoms with Gasteiger partial charge >= 0.3 is 0 Å². The number of aliphatic hydroxyl groups is 1. The van der Waals surface area contributed by atoms with Crippen molar-refractivity contribution < 1.29 is 5.11 Å². The van der Waals surface area contributed by atoms with Gasteiger partial charge in [0.2, 0.25) is 0 Å². The molecular weight excluding hydrogens is 244 g/mol. The lowest BCUT2D eigenvalue weighted by Gasteiger charge is -2.10. The van der Waals surface area contributed by atoms with Gasteiger partial charge in [-0.25, -0.2) is 0 Å². The molecule has 0 saturated carbocycles. The van der Waals surface area contributed by atoms with Gasteiger partial charge in [0.1, 0.15) is 6.07 Å². The van der Waals surface area contributed by atoms with E-state index in [9.17, 15) is 0 Å². The first-order chi connectivity index (χ1) is 6.69. The van der Waals surface area contributed by atoms with Crippen molar-refractivity contribution in [3.8, 4) is 6.07 Å². The maximum absolute atomic E-state index is 8.78. The first-order valence-electron chi connectivity index (χ1n) is 4.25. The van der Waals surface area contributed by atoms with Crippen molar-refractivity contribution in [3.63, 3.8) is 0 Å². The van der Waals surface area contributed by atoms with Crippen LogP contribution in [0.15, 0.2) is 22.7 Å². The fraction of sp³-hybridized carbons (Fsp3) is 0.300. The van der Waals surface area contributed by atoms with Crippen LogP contribution >= 0.6 is 15.9 Å². The standard InChI is InChI=1S/C10H11BrN2O/c11-9-2-1-7(5-8(9)6-12)10(13)3-4-14/h1-2,5,10,14H,3-4,13H2. The average Bonchev–Trinajstić information content (AvgIpc) is 2.19. The summed E-state index contributed by atoms with van der Waals surface area (Å²) < 4.78 is 0.764. The minimum atomic E-state index is -0.208. The molecule has 3 nitrogen and oxygen atoms in total. The summed E-state index contributed by atoms with van der Waals surface area (Å²) in [7, 11) is 0. The van der Waals surface area contributed by atoms with E-state index in [1.165, 1.54) is 0 Å². The molecule has 0 radical (unpaired) electrons. The van der Waals surface area contributed by atoms with Crippen LogP contribution in [0.4, 0.5) is 0 Å². The van der Waals surface area contributed by atoms with Crippen LogP contribution in [-0.2, 0) is 0 Å². The van der Waals surface area contributed by atoms with Gasteiger partial charge in [-0.15, -0.1) is 0 Å². The lowest BCUT2D eigenvalue weighted by atomic mass is 10.0. The molecule has 1 rings (SSSR count). The molecule has 1 aromatic carbocycles. The van der Waals surface area contributed by atoms with Crippen molar-refractivity contribution >= 4 is 15.9 Å². The highest BCUT2D eigenvalue weighted by Crippen LogP contribution is 2.21. The second-order valence-electron chi connectivity index (χ2n) is 2.97. The zero-order valence-electron chi connectivity index (χ0n) is 7.57. The molecule has 74 valence electrons. The lowest BCUT2D eigenvalue weighted by molar-refractivity contribution is 0.276. The summed E-state index contributed by atoms with van der Waals surface area (Å²) in [5.41, 5.74) is 7.23. The number of halogens is 1. The van der Waals surface area contributed by atoms with Crippen LogP contribution in [0.25, 0.3) is 0 Å². The van der Waals surface area contributed by atoms with E-state index < -0.39 is 0 Å². The van der Waals surface area contributed by atoms with Crippen LogP contribution in [0, 0.1) is 11.3 Å². The van der Waals surface area contributed by atoms with Crippen LogP contribution in [0.5, 0.6) is 0 Å². The minimum absolute atomic E-state index is 0.0547. The van der Waals surface area contributed by atoms with Crippen LogP contribution < -0.4 is 5.73 Å².